The maximum atomic E-state index is 11.6. The second-order valence-corrected chi connectivity index (χ2v) is 5.72. The summed E-state index contributed by atoms with van der Waals surface area (Å²) in [7, 11) is -3.19. The number of rotatable bonds is 2. The van der Waals surface area contributed by atoms with Crippen molar-refractivity contribution < 1.29 is 12.8 Å². The number of hydrogen-bond donors (Lipinski definition) is 1. The molecule has 1 aromatic heterocycles. The summed E-state index contributed by atoms with van der Waals surface area (Å²) in [5, 5.41) is 0. The summed E-state index contributed by atoms with van der Waals surface area (Å²) >= 11 is 4.81. The van der Waals surface area contributed by atoms with Crippen LogP contribution in [0.25, 0.3) is 11.1 Å². The molecule has 1 heterocycles. The van der Waals surface area contributed by atoms with Crippen LogP contribution in [0.2, 0.25) is 0 Å². The number of H-pyrrole nitrogens is 1. The summed E-state index contributed by atoms with van der Waals surface area (Å²) in [5.74, 6) is 0.0731. The lowest BCUT2D eigenvalue weighted by atomic mass is 10.3. The number of hydrogen-bond acceptors (Lipinski definition) is 4. The number of fused-ring (bicyclic) bond motifs is 1. The van der Waals surface area contributed by atoms with Gasteiger partial charge in [0.2, 0.25) is 0 Å². The third-order valence-electron chi connectivity index (χ3n) is 2.13. The van der Waals surface area contributed by atoms with Crippen LogP contribution in [0.4, 0.5) is 0 Å². The fourth-order valence-electron chi connectivity index (χ4n) is 1.29. The van der Waals surface area contributed by atoms with Gasteiger partial charge in [0.15, 0.2) is 15.4 Å². The first-order chi connectivity index (χ1) is 7.03. The van der Waals surface area contributed by atoms with E-state index in [4.69, 9.17) is 16.6 Å². The van der Waals surface area contributed by atoms with Crippen LogP contribution in [0.15, 0.2) is 27.5 Å². The van der Waals surface area contributed by atoms with E-state index in [1.165, 1.54) is 6.07 Å². The van der Waals surface area contributed by atoms with E-state index in [-0.39, 0.29) is 15.5 Å². The van der Waals surface area contributed by atoms with Crippen molar-refractivity contribution in [1.82, 2.24) is 4.98 Å². The molecule has 0 fully saturated rings. The molecule has 1 N–H and O–H groups in total. The number of aromatic amines is 1. The third-order valence-corrected chi connectivity index (χ3v) is 4.05. The molecule has 0 aliphatic rings. The highest BCUT2D eigenvalue weighted by Crippen LogP contribution is 2.19. The lowest BCUT2D eigenvalue weighted by Gasteiger charge is -1.99. The largest absolute Gasteiger partial charge is 0.429 e. The Balaban J connectivity index is 2.71. The van der Waals surface area contributed by atoms with Gasteiger partial charge in [-0.05, 0) is 24.4 Å². The Bertz CT molecular complexity index is 651. The molecule has 0 radical (unpaired) electrons. The second kappa shape index (κ2) is 3.46. The van der Waals surface area contributed by atoms with Crippen LogP contribution in [-0.4, -0.2) is 19.2 Å². The minimum absolute atomic E-state index is 0.0731. The molecular weight excluding hydrogens is 234 g/mol. The quantitative estimate of drug-likeness (QED) is 0.822. The Kier molecular flexibility index (Phi) is 2.40. The Morgan fingerprint density at radius 2 is 2.20 bits per heavy atom. The van der Waals surface area contributed by atoms with Crippen LogP contribution in [0.5, 0.6) is 0 Å². The van der Waals surface area contributed by atoms with Crippen LogP contribution in [0.1, 0.15) is 6.92 Å². The van der Waals surface area contributed by atoms with Gasteiger partial charge in [0, 0.05) is 6.07 Å². The molecule has 0 saturated heterocycles. The van der Waals surface area contributed by atoms with Gasteiger partial charge in [-0.3, -0.25) is 0 Å². The molecule has 15 heavy (non-hydrogen) atoms. The lowest BCUT2D eigenvalue weighted by Crippen LogP contribution is -2.02. The summed E-state index contributed by atoms with van der Waals surface area (Å²) in [6.07, 6.45) is 0. The van der Waals surface area contributed by atoms with Crippen molar-refractivity contribution in [2.24, 2.45) is 0 Å². The zero-order valence-corrected chi connectivity index (χ0v) is 9.61. The summed E-state index contributed by atoms with van der Waals surface area (Å²) in [5.41, 5.74) is 1.17. The van der Waals surface area contributed by atoms with E-state index in [1.54, 1.807) is 19.1 Å². The van der Waals surface area contributed by atoms with Crippen molar-refractivity contribution in [2.45, 2.75) is 11.8 Å². The number of oxazole rings is 1. The summed E-state index contributed by atoms with van der Waals surface area (Å²) in [6.45, 7) is 1.60. The monoisotopic (exact) mass is 243 g/mol. The van der Waals surface area contributed by atoms with E-state index in [0.29, 0.717) is 11.1 Å². The van der Waals surface area contributed by atoms with Gasteiger partial charge in [0.25, 0.3) is 4.84 Å². The molecule has 0 spiro atoms. The van der Waals surface area contributed by atoms with Gasteiger partial charge in [0.1, 0.15) is 0 Å². The highest BCUT2D eigenvalue weighted by atomic mass is 32.2. The standard InChI is InChI=1S/C9H9NO3S2/c1-2-15(11,12)6-3-4-7-8(5-6)13-9(14)10-7/h3-5H,2H2,1H3,(H,10,14). The molecule has 2 rings (SSSR count). The molecule has 0 aliphatic carbocycles. The first-order valence-electron chi connectivity index (χ1n) is 4.38. The minimum Gasteiger partial charge on any atom is -0.429 e. The molecule has 80 valence electrons. The molecule has 4 nitrogen and oxygen atoms in total. The van der Waals surface area contributed by atoms with Crippen molar-refractivity contribution in [3.05, 3.63) is 23.0 Å². The highest BCUT2D eigenvalue weighted by Gasteiger charge is 2.12. The van der Waals surface area contributed by atoms with Crippen LogP contribution in [0, 0.1) is 4.84 Å². The fraction of sp³-hybridized carbons (Fsp3) is 0.222. The van der Waals surface area contributed by atoms with E-state index in [1.807, 2.05) is 0 Å². The topological polar surface area (TPSA) is 63.1 Å². The molecule has 1 aromatic carbocycles. The van der Waals surface area contributed by atoms with Gasteiger partial charge in [-0.15, -0.1) is 0 Å². The number of nitrogens with one attached hydrogen (secondary N) is 1. The van der Waals surface area contributed by atoms with Crippen molar-refractivity contribution in [3.8, 4) is 0 Å². The minimum atomic E-state index is -3.19. The van der Waals surface area contributed by atoms with Crippen molar-refractivity contribution >= 4 is 33.2 Å². The number of benzene rings is 1. The molecule has 0 unspecified atom stereocenters. The van der Waals surface area contributed by atoms with E-state index in [2.05, 4.69) is 4.98 Å². The number of sulfone groups is 1. The number of aromatic nitrogens is 1. The summed E-state index contributed by atoms with van der Waals surface area (Å²) in [6, 6.07) is 4.68. The van der Waals surface area contributed by atoms with E-state index < -0.39 is 9.84 Å². The Hall–Kier alpha value is -1.14. The van der Waals surface area contributed by atoms with Crippen molar-refractivity contribution in [1.29, 1.82) is 0 Å². The van der Waals surface area contributed by atoms with Gasteiger partial charge < -0.3 is 9.40 Å². The molecule has 0 saturated carbocycles. The average Bonchev–Trinajstić information content (AvgIpc) is 2.56. The van der Waals surface area contributed by atoms with Crippen molar-refractivity contribution in [3.63, 3.8) is 0 Å². The maximum Gasteiger partial charge on any atom is 0.266 e. The smallest absolute Gasteiger partial charge is 0.266 e. The predicted octanol–water partition coefficient (Wildman–Crippen LogP) is 2.28. The van der Waals surface area contributed by atoms with Gasteiger partial charge in [0.05, 0.1) is 16.2 Å². The average molecular weight is 243 g/mol. The fourth-order valence-corrected chi connectivity index (χ4v) is 2.38. The van der Waals surface area contributed by atoms with Crippen molar-refractivity contribution in [2.75, 3.05) is 5.75 Å². The van der Waals surface area contributed by atoms with E-state index >= 15 is 0 Å². The SMILES string of the molecule is CCS(=O)(=O)c1ccc2[nH]c(=S)oc2c1. The summed E-state index contributed by atoms with van der Waals surface area (Å²) in [4.78, 5) is 3.31. The molecule has 0 aliphatic heterocycles. The van der Waals surface area contributed by atoms with Crippen LogP contribution in [0.3, 0.4) is 0 Å². The molecule has 0 atom stereocenters. The second-order valence-electron chi connectivity index (χ2n) is 3.08. The third kappa shape index (κ3) is 1.82. The summed E-state index contributed by atoms with van der Waals surface area (Å²) < 4.78 is 28.3. The first-order valence-corrected chi connectivity index (χ1v) is 6.44. The first kappa shape index (κ1) is 10.4. The van der Waals surface area contributed by atoms with Gasteiger partial charge >= 0.3 is 0 Å². The zero-order chi connectivity index (χ0) is 11.1. The Morgan fingerprint density at radius 1 is 1.47 bits per heavy atom. The predicted molar refractivity (Wildman–Crippen MR) is 59.1 cm³/mol. The van der Waals surface area contributed by atoms with E-state index in [9.17, 15) is 8.42 Å². The molecule has 2 aromatic rings. The van der Waals surface area contributed by atoms with Gasteiger partial charge in [-0.2, -0.15) is 0 Å². The highest BCUT2D eigenvalue weighted by molar-refractivity contribution is 7.91. The molecule has 0 amide bonds. The Labute approximate surface area is 91.8 Å². The maximum absolute atomic E-state index is 11.6. The Morgan fingerprint density at radius 3 is 2.87 bits per heavy atom. The van der Waals surface area contributed by atoms with Crippen LogP contribution in [-0.2, 0) is 9.84 Å². The lowest BCUT2D eigenvalue weighted by molar-refractivity contribution is 0.580. The normalized spacial score (nSPS) is 12.1. The van der Waals surface area contributed by atoms with Crippen LogP contribution < -0.4 is 0 Å². The molecule has 0 bridgehead atoms. The molecular formula is C9H9NO3S2. The van der Waals surface area contributed by atoms with E-state index in [0.717, 1.165) is 0 Å². The van der Waals surface area contributed by atoms with Crippen LogP contribution >= 0.6 is 12.2 Å². The van der Waals surface area contributed by atoms with Gasteiger partial charge in [-0.1, -0.05) is 6.92 Å². The zero-order valence-electron chi connectivity index (χ0n) is 7.98. The van der Waals surface area contributed by atoms with Gasteiger partial charge in [-0.25, -0.2) is 8.42 Å². The molecule has 6 heteroatoms.